The molecule has 1 saturated carbocycles. The van der Waals surface area contributed by atoms with Gasteiger partial charge in [-0.2, -0.15) is 0 Å². The van der Waals surface area contributed by atoms with Gasteiger partial charge in [0.15, 0.2) is 0 Å². The summed E-state index contributed by atoms with van der Waals surface area (Å²) in [5.41, 5.74) is 3.67. The second kappa shape index (κ2) is 8.16. The largest absolute Gasteiger partial charge is 0.464 e. The molecule has 1 spiro atoms. The Morgan fingerprint density at radius 3 is 2.70 bits per heavy atom. The molecule has 0 unspecified atom stereocenters. The number of rotatable bonds is 6. The summed E-state index contributed by atoms with van der Waals surface area (Å²) in [7, 11) is 2.22. The third-order valence-corrected chi connectivity index (χ3v) is 7.35. The van der Waals surface area contributed by atoms with Crippen molar-refractivity contribution in [1.29, 1.82) is 0 Å². The fourth-order valence-corrected chi connectivity index (χ4v) is 5.73. The van der Waals surface area contributed by atoms with Crippen molar-refractivity contribution >= 4 is 11.0 Å². The molecule has 30 heavy (non-hydrogen) atoms. The van der Waals surface area contributed by atoms with Crippen LogP contribution in [0.15, 0.2) is 59.3 Å². The zero-order valence-corrected chi connectivity index (χ0v) is 18.0. The van der Waals surface area contributed by atoms with Gasteiger partial charge in [-0.25, -0.2) is 0 Å². The number of furan rings is 1. The number of nitrogens with zero attached hydrogens (tertiary/aromatic N) is 2. The normalized spacial score (nSPS) is 23.5. The molecule has 0 radical (unpaired) electrons. The molecule has 158 valence electrons. The summed E-state index contributed by atoms with van der Waals surface area (Å²) >= 11 is 0. The molecule has 2 aliphatic rings. The topological polar surface area (TPSA) is 38.5 Å². The minimum Gasteiger partial charge on any atom is -0.464 e. The lowest BCUT2D eigenvalue weighted by molar-refractivity contribution is -0.105. The molecule has 0 bridgehead atoms. The maximum atomic E-state index is 6.39. The first-order chi connectivity index (χ1) is 14.7. The number of aromatic nitrogens is 1. The number of hydrogen-bond acceptors (Lipinski definition) is 4. The van der Waals surface area contributed by atoms with Gasteiger partial charge >= 0.3 is 0 Å². The van der Waals surface area contributed by atoms with Crippen molar-refractivity contribution in [3.63, 3.8) is 0 Å². The number of pyridine rings is 1. The molecule has 1 atom stereocenters. The quantitative estimate of drug-likeness (QED) is 0.527. The Labute approximate surface area is 179 Å². The Balaban J connectivity index is 1.34. The average Bonchev–Trinajstić information content (AvgIpc) is 3.40. The molecular formula is C26H32N2O2. The maximum absolute atomic E-state index is 6.39. The van der Waals surface area contributed by atoms with Crippen LogP contribution in [-0.4, -0.2) is 35.7 Å². The SMILES string of the molecule is CN(CC[C@@]1(c2ccccn2)CCOC2(CCCC2)C1)Cc1coc2ccccc12. The van der Waals surface area contributed by atoms with E-state index in [4.69, 9.17) is 14.1 Å². The minimum absolute atomic E-state index is 0.0785. The summed E-state index contributed by atoms with van der Waals surface area (Å²) in [6.45, 7) is 2.79. The van der Waals surface area contributed by atoms with Crippen LogP contribution in [0.3, 0.4) is 0 Å². The van der Waals surface area contributed by atoms with E-state index in [0.29, 0.717) is 0 Å². The average molecular weight is 405 g/mol. The van der Waals surface area contributed by atoms with Crippen molar-refractivity contribution in [2.45, 2.75) is 62.5 Å². The molecule has 3 heterocycles. The van der Waals surface area contributed by atoms with Crippen molar-refractivity contribution < 1.29 is 9.15 Å². The molecule has 1 aliphatic carbocycles. The first-order valence-electron chi connectivity index (χ1n) is 11.4. The molecule has 1 aromatic carbocycles. The van der Waals surface area contributed by atoms with Crippen LogP contribution in [0.4, 0.5) is 0 Å². The van der Waals surface area contributed by atoms with Gasteiger partial charge in [0.2, 0.25) is 0 Å². The van der Waals surface area contributed by atoms with Gasteiger partial charge in [0.05, 0.1) is 11.9 Å². The van der Waals surface area contributed by atoms with Gasteiger partial charge in [-0.05, 0) is 63.9 Å². The van der Waals surface area contributed by atoms with Crippen molar-refractivity contribution in [2.75, 3.05) is 20.2 Å². The summed E-state index contributed by atoms with van der Waals surface area (Å²) in [5, 5.41) is 1.22. The molecule has 4 nitrogen and oxygen atoms in total. The van der Waals surface area contributed by atoms with Crippen LogP contribution in [0.25, 0.3) is 11.0 Å². The Bertz CT molecular complexity index is 977. The molecule has 1 saturated heterocycles. The van der Waals surface area contributed by atoms with Crippen molar-refractivity contribution in [2.24, 2.45) is 0 Å². The van der Waals surface area contributed by atoms with E-state index < -0.39 is 0 Å². The Morgan fingerprint density at radius 2 is 1.87 bits per heavy atom. The number of ether oxygens (including phenoxy) is 1. The van der Waals surface area contributed by atoms with Crippen LogP contribution >= 0.6 is 0 Å². The lowest BCUT2D eigenvalue weighted by Gasteiger charge is -2.47. The third-order valence-electron chi connectivity index (χ3n) is 7.35. The molecule has 2 aromatic heterocycles. The zero-order chi connectivity index (χ0) is 20.4. The highest BCUT2D eigenvalue weighted by atomic mass is 16.5. The molecule has 1 aliphatic heterocycles. The van der Waals surface area contributed by atoms with Gasteiger partial charge in [-0.3, -0.25) is 4.98 Å². The first kappa shape index (κ1) is 19.8. The highest BCUT2D eigenvalue weighted by Crippen LogP contribution is 2.49. The zero-order valence-electron chi connectivity index (χ0n) is 18.0. The van der Waals surface area contributed by atoms with Crippen molar-refractivity contribution in [3.8, 4) is 0 Å². The van der Waals surface area contributed by atoms with Crippen LogP contribution < -0.4 is 0 Å². The molecule has 0 N–H and O–H groups in total. The van der Waals surface area contributed by atoms with Gasteiger partial charge in [0.25, 0.3) is 0 Å². The van der Waals surface area contributed by atoms with E-state index in [-0.39, 0.29) is 11.0 Å². The van der Waals surface area contributed by atoms with E-state index in [9.17, 15) is 0 Å². The summed E-state index contributed by atoms with van der Waals surface area (Å²) in [4.78, 5) is 7.26. The summed E-state index contributed by atoms with van der Waals surface area (Å²) in [6.07, 6.45) is 12.2. The second-order valence-corrected chi connectivity index (χ2v) is 9.41. The molecule has 2 fully saturated rings. The summed E-state index contributed by atoms with van der Waals surface area (Å²) in [6, 6.07) is 14.7. The Kier molecular flexibility index (Phi) is 5.38. The Morgan fingerprint density at radius 1 is 1.03 bits per heavy atom. The van der Waals surface area contributed by atoms with Gasteiger partial charge in [0, 0.05) is 41.4 Å². The van der Waals surface area contributed by atoms with Crippen molar-refractivity contribution in [3.05, 3.63) is 66.2 Å². The van der Waals surface area contributed by atoms with Crippen LogP contribution in [0.5, 0.6) is 0 Å². The van der Waals surface area contributed by atoms with Crippen LogP contribution in [0.2, 0.25) is 0 Å². The lowest BCUT2D eigenvalue weighted by atomic mass is 9.68. The van der Waals surface area contributed by atoms with E-state index in [0.717, 1.165) is 44.5 Å². The van der Waals surface area contributed by atoms with Gasteiger partial charge < -0.3 is 14.1 Å². The summed E-state index contributed by atoms with van der Waals surface area (Å²) in [5.74, 6) is 0. The number of fused-ring (bicyclic) bond motifs is 1. The fourth-order valence-electron chi connectivity index (χ4n) is 5.73. The standard InChI is InChI=1S/C26H32N2O2/c1-28(18-21-19-29-23-9-3-2-8-22(21)23)16-13-25(24-10-4-7-15-27-24)14-17-30-26(20-25)11-5-6-12-26/h2-4,7-10,15,19H,5-6,11-14,16-18,20H2,1H3/t25-/m1/s1. The van der Waals surface area contributed by atoms with Crippen LogP contribution in [-0.2, 0) is 16.7 Å². The van der Waals surface area contributed by atoms with Crippen LogP contribution in [0.1, 0.15) is 56.2 Å². The molecule has 4 heteroatoms. The molecular weight excluding hydrogens is 372 g/mol. The lowest BCUT2D eigenvalue weighted by Crippen LogP contribution is -2.47. The highest BCUT2D eigenvalue weighted by Gasteiger charge is 2.48. The van der Waals surface area contributed by atoms with Crippen molar-refractivity contribution in [1.82, 2.24) is 9.88 Å². The van der Waals surface area contributed by atoms with Gasteiger partial charge in [0.1, 0.15) is 5.58 Å². The van der Waals surface area contributed by atoms with E-state index in [1.165, 1.54) is 42.3 Å². The monoisotopic (exact) mass is 404 g/mol. The molecule has 0 amide bonds. The predicted octanol–water partition coefficient (Wildman–Crippen LogP) is 5.71. The number of hydrogen-bond donors (Lipinski definition) is 0. The van der Waals surface area contributed by atoms with Crippen LogP contribution in [0, 0.1) is 0 Å². The summed E-state index contributed by atoms with van der Waals surface area (Å²) < 4.78 is 12.1. The number of benzene rings is 1. The minimum atomic E-state index is 0.0785. The van der Waals surface area contributed by atoms with Gasteiger partial charge in [-0.15, -0.1) is 0 Å². The first-order valence-corrected chi connectivity index (χ1v) is 11.4. The second-order valence-electron chi connectivity index (χ2n) is 9.41. The Hall–Kier alpha value is -2.17. The molecule has 3 aromatic rings. The predicted molar refractivity (Wildman–Crippen MR) is 119 cm³/mol. The van der Waals surface area contributed by atoms with E-state index in [1.54, 1.807) is 0 Å². The van der Waals surface area contributed by atoms with Gasteiger partial charge in [-0.1, -0.05) is 37.1 Å². The smallest absolute Gasteiger partial charge is 0.134 e. The van der Waals surface area contributed by atoms with E-state index in [2.05, 4.69) is 36.2 Å². The van der Waals surface area contributed by atoms with E-state index >= 15 is 0 Å². The molecule has 5 rings (SSSR count). The third kappa shape index (κ3) is 3.79. The van der Waals surface area contributed by atoms with E-state index in [1.807, 2.05) is 30.7 Å². The number of para-hydroxylation sites is 1. The maximum Gasteiger partial charge on any atom is 0.134 e. The fraction of sp³-hybridized carbons (Fsp3) is 0.500. The highest BCUT2D eigenvalue weighted by molar-refractivity contribution is 5.80.